The molecule has 3 aromatic rings. The molecule has 1 N–H and O–H groups in total. The molecule has 3 rings (SSSR count). The van der Waals surface area contributed by atoms with E-state index in [0.29, 0.717) is 17.8 Å². The average molecular weight is 408 g/mol. The molecule has 0 aliphatic heterocycles. The number of aryl methyl sites for hydroxylation is 3. The minimum atomic E-state index is -0.400. The lowest BCUT2D eigenvalue weighted by Gasteiger charge is -2.20. The maximum Gasteiger partial charge on any atom is 0.263 e. The van der Waals surface area contributed by atoms with E-state index in [4.69, 9.17) is 0 Å². The molecule has 0 saturated carbocycles. The van der Waals surface area contributed by atoms with E-state index >= 15 is 0 Å². The summed E-state index contributed by atoms with van der Waals surface area (Å²) in [6.07, 6.45) is 1.76. The van der Waals surface area contributed by atoms with Gasteiger partial charge in [0.1, 0.15) is 5.56 Å². The van der Waals surface area contributed by atoms with Gasteiger partial charge in [-0.25, -0.2) is 4.68 Å². The minimum absolute atomic E-state index is 0.0419. The van der Waals surface area contributed by atoms with E-state index in [1.54, 1.807) is 17.7 Å². The van der Waals surface area contributed by atoms with Gasteiger partial charge in [0, 0.05) is 30.2 Å². The number of likely N-dealkylation sites (N-methyl/N-ethyl adjacent to an activating group) is 1. The molecule has 0 spiro atoms. The van der Waals surface area contributed by atoms with E-state index in [2.05, 4.69) is 10.4 Å². The van der Waals surface area contributed by atoms with Gasteiger partial charge in [-0.1, -0.05) is 0 Å². The Morgan fingerprint density at radius 3 is 2.37 bits per heavy atom. The minimum Gasteiger partial charge on any atom is -0.322 e. The highest BCUT2D eigenvalue weighted by Gasteiger charge is 2.18. The van der Waals surface area contributed by atoms with Crippen LogP contribution < -0.4 is 10.9 Å². The van der Waals surface area contributed by atoms with Crippen molar-refractivity contribution in [3.8, 4) is 5.69 Å². The van der Waals surface area contributed by atoms with Crippen LogP contribution in [0.2, 0.25) is 0 Å². The van der Waals surface area contributed by atoms with E-state index < -0.39 is 5.91 Å². The number of rotatable bonds is 6. The molecule has 0 fully saturated rings. The normalized spacial score (nSPS) is 12.2. The number of carbonyl (C=O) groups excluding carboxylic acids is 1. The highest BCUT2D eigenvalue weighted by molar-refractivity contribution is 6.05. The first-order chi connectivity index (χ1) is 14.2. The predicted molar refractivity (Wildman–Crippen MR) is 120 cm³/mol. The van der Waals surface area contributed by atoms with Gasteiger partial charge in [0.25, 0.3) is 11.5 Å². The molecule has 1 aromatic carbocycles. The molecule has 2 heterocycles. The Labute approximate surface area is 176 Å². The third-order valence-electron chi connectivity index (χ3n) is 5.04. The number of anilines is 1. The number of pyridine rings is 1. The third-order valence-corrected chi connectivity index (χ3v) is 5.04. The summed E-state index contributed by atoms with van der Waals surface area (Å²) in [6, 6.07) is 11.2. The van der Waals surface area contributed by atoms with Crippen molar-refractivity contribution in [3.05, 3.63) is 75.5 Å². The van der Waals surface area contributed by atoms with Crippen LogP contribution in [0.25, 0.3) is 5.69 Å². The van der Waals surface area contributed by atoms with Crippen molar-refractivity contribution in [3.63, 3.8) is 0 Å². The summed E-state index contributed by atoms with van der Waals surface area (Å²) in [6.45, 7) is 8.40. The number of amides is 1. The zero-order valence-corrected chi connectivity index (χ0v) is 18.4. The second kappa shape index (κ2) is 8.67. The molecule has 0 aliphatic rings. The van der Waals surface area contributed by atoms with Crippen molar-refractivity contribution >= 4 is 11.6 Å². The van der Waals surface area contributed by atoms with Crippen molar-refractivity contribution in [2.45, 2.75) is 33.7 Å². The number of hydrogen-bond acceptors (Lipinski definition) is 4. The summed E-state index contributed by atoms with van der Waals surface area (Å²) < 4.78 is 3.47. The van der Waals surface area contributed by atoms with Crippen molar-refractivity contribution in [1.82, 2.24) is 19.2 Å². The summed E-state index contributed by atoms with van der Waals surface area (Å²) in [4.78, 5) is 27.9. The second-order valence-corrected chi connectivity index (χ2v) is 8.04. The van der Waals surface area contributed by atoms with Crippen molar-refractivity contribution in [2.75, 3.05) is 26.0 Å². The largest absolute Gasteiger partial charge is 0.322 e. The van der Waals surface area contributed by atoms with E-state index in [0.717, 1.165) is 17.1 Å². The fraction of sp³-hybridized carbons (Fsp3) is 0.348. The number of carbonyl (C=O) groups is 1. The van der Waals surface area contributed by atoms with Gasteiger partial charge in [-0.3, -0.25) is 9.59 Å². The van der Waals surface area contributed by atoms with Crippen LogP contribution in [-0.2, 0) is 0 Å². The molecule has 7 nitrogen and oxygen atoms in total. The first-order valence-corrected chi connectivity index (χ1v) is 9.99. The highest BCUT2D eigenvalue weighted by Crippen LogP contribution is 2.17. The molecule has 2 aromatic heterocycles. The number of hydrogen-bond donors (Lipinski definition) is 1. The molecule has 1 atom stereocenters. The molecule has 0 saturated heterocycles. The topological polar surface area (TPSA) is 72.2 Å². The zero-order valence-electron chi connectivity index (χ0n) is 18.4. The van der Waals surface area contributed by atoms with Gasteiger partial charge in [-0.05, 0) is 83.8 Å². The smallest absolute Gasteiger partial charge is 0.263 e. The van der Waals surface area contributed by atoms with Gasteiger partial charge in [0.2, 0.25) is 0 Å². The molecular formula is C23H29N5O2. The zero-order chi connectivity index (χ0) is 22.0. The molecule has 1 amide bonds. The second-order valence-electron chi connectivity index (χ2n) is 8.04. The van der Waals surface area contributed by atoms with Crippen LogP contribution in [0, 0.1) is 20.8 Å². The Morgan fingerprint density at radius 1 is 1.13 bits per heavy atom. The lowest BCUT2D eigenvalue weighted by molar-refractivity contribution is 0.102. The SMILES string of the molecule is Cc1cc(C)n(-c2ccc(NC(=O)c3c(C)ccn(C(C)CN(C)C)c3=O)cc2)n1. The quantitative estimate of drug-likeness (QED) is 0.680. The predicted octanol–water partition coefficient (Wildman–Crippen LogP) is 3.33. The van der Waals surface area contributed by atoms with Gasteiger partial charge in [-0.15, -0.1) is 0 Å². The van der Waals surface area contributed by atoms with Crippen LogP contribution in [0.5, 0.6) is 0 Å². The fourth-order valence-corrected chi connectivity index (χ4v) is 3.65. The van der Waals surface area contributed by atoms with Gasteiger partial charge in [-0.2, -0.15) is 5.10 Å². The van der Waals surface area contributed by atoms with Crippen LogP contribution in [0.3, 0.4) is 0 Å². The van der Waals surface area contributed by atoms with Gasteiger partial charge in [0.15, 0.2) is 0 Å². The lowest BCUT2D eigenvalue weighted by Crippen LogP contribution is -2.34. The monoisotopic (exact) mass is 407 g/mol. The van der Waals surface area contributed by atoms with Crippen molar-refractivity contribution in [2.24, 2.45) is 0 Å². The van der Waals surface area contributed by atoms with E-state index in [-0.39, 0.29) is 17.2 Å². The number of benzene rings is 1. The van der Waals surface area contributed by atoms with Gasteiger partial charge >= 0.3 is 0 Å². The van der Waals surface area contributed by atoms with Gasteiger partial charge < -0.3 is 14.8 Å². The van der Waals surface area contributed by atoms with Crippen LogP contribution in [0.15, 0.2) is 47.4 Å². The molecule has 0 aliphatic carbocycles. The average Bonchev–Trinajstić information content (AvgIpc) is 3.00. The first kappa shape index (κ1) is 21.5. The van der Waals surface area contributed by atoms with E-state index in [9.17, 15) is 9.59 Å². The Bertz CT molecular complexity index is 1110. The summed E-state index contributed by atoms with van der Waals surface area (Å²) in [5.41, 5.74) is 4.08. The van der Waals surface area contributed by atoms with Gasteiger partial charge in [0.05, 0.1) is 11.4 Å². The highest BCUT2D eigenvalue weighted by atomic mass is 16.2. The molecule has 0 radical (unpaired) electrons. The van der Waals surface area contributed by atoms with E-state index in [1.165, 1.54) is 0 Å². The van der Waals surface area contributed by atoms with Crippen LogP contribution in [0.4, 0.5) is 5.69 Å². The molecule has 158 valence electrons. The standard InChI is InChI=1S/C23H29N5O2/c1-15-11-12-27(18(4)14-26(5)6)23(30)21(15)22(29)24-19-7-9-20(10-8-19)28-17(3)13-16(2)25-28/h7-13,18H,14H2,1-6H3,(H,24,29). The van der Waals surface area contributed by atoms with Crippen LogP contribution >= 0.6 is 0 Å². The molecule has 1 unspecified atom stereocenters. The van der Waals surface area contributed by atoms with Crippen LogP contribution in [0.1, 0.15) is 40.3 Å². The Kier molecular flexibility index (Phi) is 6.22. The maximum atomic E-state index is 13.0. The Morgan fingerprint density at radius 2 is 1.80 bits per heavy atom. The summed E-state index contributed by atoms with van der Waals surface area (Å²) in [7, 11) is 3.91. The maximum absolute atomic E-state index is 13.0. The van der Waals surface area contributed by atoms with E-state index in [1.807, 2.05) is 80.8 Å². The first-order valence-electron chi connectivity index (χ1n) is 9.99. The fourth-order valence-electron chi connectivity index (χ4n) is 3.65. The molecule has 30 heavy (non-hydrogen) atoms. The molecular weight excluding hydrogens is 378 g/mol. The Hall–Kier alpha value is -3.19. The number of nitrogens with one attached hydrogen (secondary N) is 1. The summed E-state index contributed by atoms with van der Waals surface area (Å²) in [5.74, 6) is -0.400. The summed E-state index contributed by atoms with van der Waals surface area (Å²) >= 11 is 0. The molecule has 7 heteroatoms. The van der Waals surface area contributed by atoms with Crippen molar-refractivity contribution < 1.29 is 4.79 Å². The number of aromatic nitrogens is 3. The van der Waals surface area contributed by atoms with Crippen LogP contribution in [-0.4, -0.2) is 45.8 Å². The number of nitrogens with zero attached hydrogens (tertiary/aromatic N) is 4. The lowest BCUT2D eigenvalue weighted by atomic mass is 10.1. The third kappa shape index (κ3) is 4.52. The Balaban J connectivity index is 1.84. The van der Waals surface area contributed by atoms with Crippen molar-refractivity contribution in [1.29, 1.82) is 0 Å². The summed E-state index contributed by atoms with van der Waals surface area (Å²) in [5, 5.41) is 7.32. The molecule has 0 bridgehead atoms.